The lowest BCUT2D eigenvalue weighted by molar-refractivity contribution is 0.0989. The van der Waals surface area contributed by atoms with E-state index in [4.69, 9.17) is 17.3 Å². The van der Waals surface area contributed by atoms with Gasteiger partial charge in [-0.05, 0) is 37.3 Å². The molecule has 2 rings (SSSR count). The van der Waals surface area contributed by atoms with Crippen LogP contribution in [0.4, 0.5) is 15.8 Å². The molecule has 0 aliphatic rings. The van der Waals surface area contributed by atoms with Crippen LogP contribution in [0.1, 0.15) is 15.9 Å². The van der Waals surface area contributed by atoms with Crippen LogP contribution in [0.15, 0.2) is 36.4 Å². The van der Waals surface area contributed by atoms with E-state index in [0.717, 1.165) is 5.56 Å². The van der Waals surface area contributed by atoms with Crippen LogP contribution in [0.3, 0.4) is 0 Å². The zero-order valence-electron chi connectivity index (χ0n) is 11.2. The van der Waals surface area contributed by atoms with Gasteiger partial charge in [0.15, 0.2) is 0 Å². The Hall–Kier alpha value is -2.07. The van der Waals surface area contributed by atoms with Crippen molar-refractivity contribution in [1.29, 1.82) is 0 Å². The molecule has 1 amide bonds. The molecular weight excluding hydrogens is 279 g/mol. The lowest BCUT2D eigenvalue weighted by Gasteiger charge is -2.20. The number of benzene rings is 2. The van der Waals surface area contributed by atoms with Crippen molar-refractivity contribution in [2.75, 3.05) is 17.7 Å². The molecule has 0 saturated carbocycles. The average Bonchev–Trinajstić information content (AvgIpc) is 2.42. The molecule has 3 nitrogen and oxygen atoms in total. The minimum absolute atomic E-state index is 0.00637. The summed E-state index contributed by atoms with van der Waals surface area (Å²) in [6.07, 6.45) is 0. The number of hydrogen-bond donors (Lipinski definition) is 1. The second kappa shape index (κ2) is 5.51. The van der Waals surface area contributed by atoms with Crippen LogP contribution < -0.4 is 10.6 Å². The first-order valence-electron chi connectivity index (χ1n) is 5.99. The highest BCUT2D eigenvalue weighted by molar-refractivity contribution is 6.31. The van der Waals surface area contributed by atoms with Crippen molar-refractivity contribution in [3.8, 4) is 0 Å². The Kier molecular flexibility index (Phi) is 3.95. The monoisotopic (exact) mass is 292 g/mol. The van der Waals surface area contributed by atoms with Gasteiger partial charge in [0, 0.05) is 12.1 Å². The molecule has 0 bridgehead atoms. The van der Waals surface area contributed by atoms with Crippen molar-refractivity contribution in [3.63, 3.8) is 0 Å². The molecule has 0 radical (unpaired) electrons. The van der Waals surface area contributed by atoms with E-state index >= 15 is 0 Å². The summed E-state index contributed by atoms with van der Waals surface area (Å²) in [5.74, 6) is -1.03. The van der Waals surface area contributed by atoms with Crippen molar-refractivity contribution in [1.82, 2.24) is 0 Å². The van der Waals surface area contributed by atoms with Gasteiger partial charge in [-0.25, -0.2) is 4.39 Å². The number of carbonyl (C=O) groups excluding carboxylic acids is 1. The molecule has 0 saturated heterocycles. The number of rotatable bonds is 2. The number of amides is 1. The van der Waals surface area contributed by atoms with Crippen LogP contribution >= 0.6 is 11.6 Å². The van der Waals surface area contributed by atoms with Crippen molar-refractivity contribution >= 4 is 28.9 Å². The van der Waals surface area contributed by atoms with Crippen LogP contribution in [0.5, 0.6) is 0 Å². The van der Waals surface area contributed by atoms with Crippen LogP contribution in [-0.2, 0) is 0 Å². The minimum atomic E-state index is -0.562. The van der Waals surface area contributed by atoms with Gasteiger partial charge in [0.2, 0.25) is 0 Å². The molecule has 2 N–H and O–H groups in total. The topological polar surface area (TPSA) is 46.3 Å². The van der Waals surface area contributed by atoms with E-state index in [0.29, 0.717) is 16.4 Å². The van der Waals surface area contributed by atoms with Gasteiger partial charge in [-0.1, -0.05) is 23.2 Å². The minimum Gasteiger partial charge on any atom is -0.397 e. The largest absolute Gasteiger partial charge is 0.397 e. The number of anilines is 2. The van der Waals surface area contributed by atoms with Gasteiger partial charge < -0.3 is 10.6 Å². The fraction of sp³-hybridized carbons (Fsp3) is 0.133. The van der Waals surface area contributed by atoms with E-state index in [1.54, 1.807) is 31.2 Å². The van der Waals surface area contributed by atoms with Crippen molar-refractivity contribution in [2.24, 2.45) is 0 Å². The molecule has 0 aliphatic heterocycles. The fourth-order valence-electron chi connectivity index (χ4n) is 1.90. The smallest absolute Gasteiger partial charge is 0.261 e. The molecule has 20 heavy (non-hydrogen) atoms. The molecular formula is C15H14ClFN2O. The third-order valence-electron chi connectivity index (χ3n) is 3.01. The second-order valence-electron chi connectivity index (χ2n) is 4.55. The predicted molar refractivity (Wildman–Crippen MR) is 79.7 cm³/mol. The lowest BCUT2D eigenvalue weighted by atomic mass is 10.1. The summed E-state index contributed by atoms with van der Waals surface area (Å²) >= 11 is 5.90. The Morgan fingerprint density at radius 3 is 2.65 bits per heavy atom. The fourth-order valence-corrected chi connectivity index (χ4v) is 2.07. The first kappa shape index (κ1) is 14.3. The Morgan fingerprint density at radius 2 is 1.95 bits per heavy atom. The van der Waals surface area contributed by atoms with Gasteiger partial charge in [0.1, 0.15) is 5.82 Å². The summed E-state index contributed by atoms with van der Waals surface area (Å²) in [5.41, 5.74) is 7.49. The van der Waals surface area contributed by atoms with E-state index in [2.05, 4.69) is 0 Å². The van der Waals surface area contributed by atoms with E-state index < -0.39 is 11.7 Å². The first-order chi connectivity index (χ1) is 9.40. The summed E-state index contributed by atoms with van der Waals surface area (Å²) in [6, 6.07) is 9.20. The quantitative estimate of drug-likeness (QED) is 0.859. The van der Waals surface area contributed by atoms with Gasteiger partial charge in [-0.15, -0.1) is 0 Å². The third-order valence-corrected chi connectivity index (χ3v) is 3.25. The van der Waals surface area contributed by atoms with E-state index in [-0.39, 0.29) is 5.56 Å². The van der Waals surface area contributed by atoms with Crippen molar-refractivity contribution in [2.45, 2.75) is 6.92 Å². The first-order valence-corrected chi connectivity index (χ1v) is 6.37. The molecule has 0 fully saturated rings. The third kappa shape index (κ3) is 2.75. The van der Waals surface area contributed by atoms with Gasteiger partial charge in [0.05, 0.1) is 16.9 Å². The van der Waals surface area contributed by atoms with E-state index in [1.165, 1.54) is 24.1 Å². The summed E-state index contributed by atoms with van der Waals surface area (Å²) in [6.45, 7) is 1.80. The molecule has 0 atom stereocenters. The van der Waals surface area contributed by atoms with Gasteiger partial charge in [0.25, 0.3) is 5.91 Å². The Labute approximate surface area is 121 Å². The number of aryl methyl sites for hydroxylation is 1. The normalized spacial score (nSPS) is 10.4. The second-order valence-corrected chi connectivity index (χ2v) is 4.99. The lowest BCUT2D eigenvalue weighted by Crippen LogP contribution is -2.28. The zero-order valence-corrected chi connectivity index (χ0v) is 11.9. The maximum atomic E-state index is 13.8. The summed E-state index contributed by atoms with van der Waals surface area (Å²) in [5, 5.41) is 0.457. The number of nitrogens with two attached hydrogens (primary N) is 1. The standard InChI is InChI=1S/C15H14ClFN2O/c1-9-3-5-12(17)11(7-9)15(20)19(2)14-8-10(16)4-6-13(14)18/h3-8H,18H2,1-2H3. The molecule has 0 heterocycles. The average molecular weight is 293 g/mol. The number of hydrogen-bond acceptors (Lipinski definition) is 2. The predicted octanol–water partition coefficient (Wildman–Crippen LogP) is 3.65. The van der Waals surface area contributed by atoms with Gasteiger partial charge in [-0.2, -0.15) is 0 Å². The van der Waals surface area contributed by atoms with E-state index in [9.17, 15) is 9.18 Å². The maximum Gasteiger partial charge on any atom is 0.261 e. The van der Waals surface area contributed by atoms with E-state index in [1.807, 2.05) is 0 Å². The summed E-state index contributed by atoms with van der Waals surface area (Å²) < 4.78 is 13.8. The maximum absolute atomic E-state index is 13.8. The molecule has 2 aromatic rings. The molecule has 5 heteroatoms. The number of nitrogen functional groups attached to an aromatic ring is 1. The van der Waals surface area contributed by atoms with Crippen LogP contribution in [0.2, 0.25) is 5.02 Å². The van der Waals surface area contributed by atoms with Crippen molar-refractivity contribution in [3.05, 3.63) is 58.4 Å². The Balaban J connectivity index is 2.42. The zero-order chi connectivity index (χ0) is 14.9. The summed E-state index contributed by atoms with van der Waals surface area (Å²) in [4.78, 5) is 13.7. The van der Waals surface area contributed by atoms with Crippen LogP contribution in [0.25, 0.3) is 0 Å². The van der Waals surface area contributed by atoms with Crippen LogP contribution in [0, 0.1) is 12.7 Å². The Morgan fingerprint density at radius 1 is 1.25 bits per heavy atom. The highest BCUT2D eigenvalue weighted by Gasteiger charge is 2.19. The highest BCUT2D eigenvalue weighted by atomic mass is 35.5. The summed E-state index contributed by atoms with van der Waals surface area (Å²) in [7, 11) is 1.53. The molecule has 0 aromatic heterocycles. The number of nitrogens with zero attached hydrogens (tertiary/aromatic N) is 1. The number of carbonyl (C=O) groups is 1. The van der Waals surface area contributed by atoms with Crippen LogP contribution in [-0.4, -0.2) is 13.0 Å². The number of halogens is 2. The van der Waals surface area contributed by atoms with Crippen molar-refractivity contribution < 1.29 is 9.18 Å². The highest BCUT2D eigenvalue weighted by Crippen LogP contribution is 2.27. The molecule has 0 spiro atoms. The Bertz CT molecular complexity index is 673. The SMILES string of the molecule is Cc1ccc(F)c(C(=O)N(C)c2cc(Cl)ccc2N)c1. The van der Waals surface area contributed by atoms with Gasteiger partial charge in [-0.3, -0.25) is 4.79 Å². The van der Waals surface area contributed by atoms with Gasteiger partial charge >= 0.3 is 0 Å². The molecule has 2 aromatic carbocycles. The molecule has 104 valence electrons. The molecule has 0 unspecified atom stereocenters. The molecule has 0 aliphatic carbocycles.